The minimum atomic E-state index is -0.823. The number of nitrogens with one attached hydrogen (secondary N) is 1. The molecule has 0 aliphatic carbocycles. The number of carbonyl (C=O) groups is 1. The van der Waals surface area contributed by atoms with Gasteiger partial charge in [-0.2, -0.15) is 4.79 Å². The lowest BCUT2D eigenvalue weighted by Gasteiger charge is -2.27. The lowest BCUT2D eigenvalue weighted by atomic mass is 10.2. The van der Waals surface area contributed by atoms with Crippen LogP contribution in [0.15, 0.2) is 43.1 Å². The van der Waals surface area contributed by atoms with Crippen molar-refractivity contribution < 1.29 is 13.8 Å². The molecule has 0 unspecified atom stereocenters. The molecule has 1 aromatic carbocycles. The molecule has 1 atom stereocenters. The molecule has 122 valence electrons. The number of anilines is 1. The van der Waals surface area contributed by atoms with Crippen molar-refractivity contribution in [1.82, 2.24) is 10.2 Å². The second kappa shape index (κ2) is 6.03. The van der Waals surface area contributed by atoms with Gasteiger partial charge in [-0.3, -0.25) is 13.8 Å². The first kappa shape index (κ1) is 14.9. The Morgan fingerprint density at radius 2 is 2.04 bits per heavy atom. The van der Waals surface area contributed by atoms with Crippen LogP contribution in [0.2, 0.25) is 0 Å². The fraction of sp³-hybridized carbons (Fsp3) is 0.357. The van der Waals surface area contributed by atoms with E-state index in [0.29, 0.717) is 5.69 Å². The van der Waals surface area contributed by atoms with Crippen LogP contribution in [0.25, 0.3) is 0 Å². The van der Waals surface area contributed by atoms with Gasteiger partial charge in [0.15, 0.2) is 0 Å². The molecular weight excluding hydrogens is 302 g/mol. The summed E-state index contributed by atoms with van der Waals surface area (Å²) in [5, 5.41) is 2.94. The highest BCUT2D eigenvalue weighted by Crippen LogP contribution is 2.26. The molecule has 0 saturated carbocycles. The van der Waals surface area contributed by atoms with Gasteiger partial charge in [-0.25, -0.2) is 4.99 Å². The largest absolute Gasteiger partial charge is 0.564 e. The molecule has 1 aromatic heterocycles. The van der Waals surface area contributed by atoms with Crippen molar-refractivity contribution in [2.45, 2.75) is 25.9 Å². The number of hydrogen-bond donors (Lipinski definition) is 2. The number of aliphatic imine (C=N–C) groups is 1. The number of nitrogens with zero attached hydrogens (tertiary/aromatic N) is 3. The summed E-state index contributed by atoms with van der Waals surface area (Å²) in [4.78, 5) is 28.7. The molecule has 9 heteroatoms. The van der Waals surface area contributed by atoms with Crippen LogP contribution in [0.5, 0.6) is 0 Å². The van der Waals surface area contributed by atoms with Gasteiger partial charge in [-0.1, -0.05) is 0 Å². The number of amides is 1. The van der Waals surface area contributed by atoms with Crippen LogP contribution in [0, 0.1) is 0 Å². The summed E-state index contributed by atoms with van der Waals surface area (Å²) < 4.78 is 8.99. The quantitative estimate of drug-likeness (QED) is 0.631. The van der Waals surface area contributed by atoms with Gasteiger partial charge in [-0.15, -0.1) is 0 Å². The molecule has 9 nitrogen and oxygen atoms in total. The standard InChI is InChI=1S/C14H17N5O4/c1-9(20)16-12-3-2-8-18(12)11-6-4-10(5-7-11)17-13(15)19-22-14(21)23-19/h4-7,12H,2-3,8H2,1H3,(H2,15,17)(H,16,20)/t12-/m1/s1. The fourth-order valence-corrected chi connectivity index (χ4v) is 2.59. The van der Waals surface area contributed by atoms with E-state index in [1.54, 1.807) is 12.1 Å². The second-order valence-electron chi connectivity index (χ2n) is 5.23. The van der Waals surface area contributed by atoms with Crippen molar-refractivity contribution in [1.29, 1.82) is 0 Å². The third-order valence-corrected chi connectivity index (χ3v) is 3.55. The number of aromatic nitrogens is 1. The van der Waals surface area contributed by atoms with E-state index < -0.39 is 5.82 Å². The fourth-order valence-electron chi connectivity index (χ4n) is 2.59. The van der Waals surface area contributed by atoms with Gasteiger partial charge in [-0.05, 0) is 37.1 Å². The third kappa shape index (κ3) is 3.28. The molecule has 1 aliphatic heterocycles. The summed E-state index contributed by atoms with van der Waals surface area (Å²) in [6.07, 6.45) is 1.96. The van der Waals surface area contributed by atoms with Crippen LogP contribution in [-0.2, 0) is 4.79 Å². The molecule has 0 spiro atoms. The Bertz CT molecular complexity index is 755. The summed E-state index contributed by atoms with van der Waals surface area (Å²) in [6.45, 7) is 2.40. The maximum atomic E-state index is 11.3. The van der Waals surface area contributed by atoms with Crippen molar-refractivity contribution >= 4 is 23.2 Å². The average molecular weight is 319 g/mol. The van der Waals surface area contributed by atoms with Crippen LogP contribution in [-0.4, -0.2) is 29.5 Å². The van der Waals surface area contributed by atoms with Crippen molar-refractivity contribution in [3.8, 4) is 0 Å². The molecule has 1 fully saturated rings. The SMILES string of the molecule is CC(=O)N[C@H]1CCCN1c1ccc(N=C(N)n2oc(=O)o2)cc1. The van der Waals surface area contributed by atoms with E-state index in [2.05, 4.69) is 24.3 Å². The van der Waals surface area contributed by atoms with Gasteiger partial charge in [0.05, 0.1) is 5.69 Å². The summed E-state index contributed by atoms with van der Waals surface area (Å²) in [7, 11) is 0. The highest BCUT2D eigenvalue weighted by atomic mass is 16.8. The van der Waals surface area contributed by atoms with Gasteiger partial charge in [0.2, 0.25) is 5.91 Å². The Morgan fingerprint density at radius 1 is 1.35 bits per heavy atom. The van der Waals surface area contributed by atoms with E-state index in [-0.39, 0.29) is 18.0 Å². The zero-order valence-electron chi connectivity index (χ0n) is 12.6. The molecule has 1 saturated heterocycles. The highest BCUT2D eigenvalue weighted by molar-refractivity contribution is 5.80. The second-order valence-corrected chi connectivity index (χ2v) is 5.23. The number of nitrogens with two attached hydrogens (primary N) is 1. The first-order chi connectivity index (χ1) is 11.0. The summed E-state index contributed by atoms with van der Waals surface area (Å²) >= 11 is 0. The van der Waals surface area contributed by atoms with Crippen molar-refractivity contribution in [3.05, 3.63) is 34.9 Å². The van der Waals surface area contributed by atoms with E-state index in [1.807, 2.05) is 12.1 Å². The van der Waals surface area contributed by atoms with Crippen LogP contribution >= 0.6 is 0 Å². The minimum absolute atomic E-state index is 0.0146. The van der Waals surface area contributed by atoms with Gasteiger partial charge in [0.1, 0.15) is 6.17 Å². The van der Waals surface area contributed by atoms with Gasteiger partial charge in [0.25, 0.3) is 5.96 Å². The summed E-state index contributed by atoms with van der Waals surface area (Å²) in [6, 6.07) is 7.37. The smallest absolute Gasteiger partial charge is 0.364 e. The van der Waals surface area contributed by atoms with Crippen LogP contribution in [0.3, 0.4) is 0 Å². The van der Waals surface area contributed by atoms with Gasteiger partial charge in [0, 0.05) is 24.1 Å². The van der Waals surface area contributed by atoms with Crippen molar-refractivity contribution in [2.24, 2.45) is 10.7 Å². The van der Waals surface area contributed by atoms with Crippen molar-refractivity contribution in [2.75, 3.05) is 11.4 Å². The molecule has 2 heterocycles. The zero-order chi connectivity index (χ0) is 16.4. The predicted molar refractivity (Wildman–Crippen MR) is 82.5 cm³/mol. The molecule has 3 N–H and O–H groups in total. The first-order valence-electron chi connectivity index (χ1n) is 7.21. The molecule has 23 heavy (non-hydrogen) atoms. The monoisotopic (exact) mass is 319 g/mol. The van der Waals surface area contributed by atoms with Crippen LogP contribution in [0.1, 0.15) is 19.8 Å². The Kier molecular flexibility index (Phi) is 3.92. The Labute approximate surface area is 131 Å². The van der Waals surface area contributed by atoms with Crippen molar-refractivity contribution in [3.63, 3.8) is 0 Å². The molecule has 0 bridgehead atoms. The Morgan fingerprint density at radius 3 is 2.65 bits per heavy atom. The predicted octanol–water partition coefficient (Wildman–Crippen LogP) is 0.591. The topological polar surface area (TPSA) is 119 Å². The lowest BCUT2D eigenvalue weighted by molar-refractivity contribution is -0.119. The van der Waals surface area contributed by atoms with E-state index in [1.165, 1.54) is 6.92 Å². The average Bonchev–Trinajstić information content (AvgIpc) is 2.92. The molecule has 3 rings (SSSR count). The zero-order valence-corrected chi connectivity index (χ0v) is 12.6. The maximum absolute atomic E-state index is 11.3. The highest BCUT2D eigenvalue weighted by Gasteiger charge is 2.25. The molecular formula is C14H17N5O4. The molecule has 2 aromatic rings. The third-order valence-electron chi connectivity index (χ3n) is 3.55. The van der Waals surface area contributed by atoms with E-state index in [4.69, 9.17) is 5.73 Å². The van der Waals surface area contributed by atoms with Crippen LogP contribution < -0.4 is 21.8 Å². The van der Waals surface area contributed by atoms with E-state index in [0.717, 1.165) is 30.0 Å². The Balaban J connectivity index is 1.73. The van der Waals surface area contributed by atoms with Crippen LogP contribution in [0.4, 0.5) is 11.4 Å². The lowest BCUT2D eigenvalue weighted by Crippen LogP contribution is -2.43. The van der Waals surface area contributed by atoms with E-state index in [9.17, 15) is 9.59 Å². The number of hydrogen-bond acceptors (Lipinski definition) is 6. The molecule has 1 amide bonds. The maximum Gasteiger partial charge on any atom is 0.564 e. The van der Waals surface area contributed by atoms with Gasteiger partial charge >= 0.3 is 5.82 Å². The summed E-state index contributed by atoms with van der Waals surface area (Å²) in [5.74, 6) is -0.939. The van der Waals surface area contributed by atoms with Gasteiger partial charge < -0.3 is 16.0 Å². The first-order valence-corrected chi connectivity index (χ1v) is 7.21. The number of rotatable bonds is 3. The normalized spacial score (nSPS) is 18.4. The minimum Gasteiger partial charge on any atom is -0.364 e. The molecule has 0 radical (unpaired) electrons. The number of benzene rings is 1. The van der Waals surface area contributed by atoms with E-state index >= 15 is 0 Å². The molecule has 1 aliphatic rings. The number of carbonyl (C=O) groups excluding carboxylic acids is 1. The Hall–Kier alpha value is -2.97. The summed E-state index contributed by atoms with van der Waals surface area (Å²) in [5.41, 5.74) is 7.21.